The van der Waals surface area contributed by atoms with Crippen LogP contribution in [-0.4, -0.2) is 53.0 Å². The molecule has 2 heterocycles. The first kappa shape index (κ1) is 22.7. The van der Waals surface area contributed by atoms with Gasteiger partial charge in [-0.25, -0.2) is 0 Å². The van der Waals surface area contributed by atoms with E-state index >= 15 is 0 Å². The van der Waals surface area contributed by atoms with Gasteiger partial charge in [-0.1, -0.05) is 13.8 Å². The third-order valence-corrected chi connectivity index (χ3v) is 6.68. The van der Waals surface area contributed by atoms with E-state index in [4.69, 9.17) is 18.9 Å². The summed E-state index contributed by atoms with van der Waals surface area (Å²) >= 11 is 0. The maximum absolute atomic E-state index is 5.69. The molecule has 0 saturated heterocycles. The van der Waals surface area contributed by atoms with E-state index in [1.165, 1.54) is 22.3 Å². The Balaban J connectivity index is 1.85. The van der Waals surface area contributed by atoms with Crippen LogP contribution in [0.2, 0.25) is 0 Å². The van der Waals surface area contributed by atoms with Crippen LogP contribution in [0.25, 0.3) is 0 Å². The number of ether oxygens (including phenoxy) is 4. The summed E-state index contributed by atoms with van der Waals surface area (Å²) in [6, 6.07) is 8.99. The summed E-state index contributed by atoms with van der Waals surface area (Å²) in [6.45, 7) is 7.57. The average Bonchev–Trinajstić information content (AvgIpc) is 2.81. The van der Waals surface area contributed by atoms with Crippen molar-refractivity contribution in [2.45, 2.75) is 38.8 Å². The molecule has 2 aliphatic rings. The van der Waals surface area contributed by atoms with E-state index in [2.05, 4.69) is 48.3 Å². The lowest BCUT2D eigenvalue weighted by atomic mass is 9.81. The molecule has 0 unspecified atom stereocenters. The van der Waals surface area contributed by atoms with Gasteiger partial charge in [-0.3, -0.25) is 4.90 Å². The zero-order valence-corrected chi connectivity index (χ0v) is 20.2. The summed E-state index contributed by atoms with van der Waals surface area (Å²) in [6.07, 6.45) is 1.98. The van der Waals surface area contributed by atoms with E-state index in [9.17, 15) is 0 Å². The average molecular weight is 441 g/mol. The molecule has 32 heavy (non-hydrogen) atoms. The van der Waals surface area contributed by atoms with Crippen LogP contribution in [0.5, 0.6) is 23.0 Å². The molecule has 2 aliphatic heterocycles. The highest BCUT2D eigenvalue weighted by atomic mass is 16.5. The van der Waals surface area contributed by atoms with Crippen LogP contribution >= 0.6 is 0 Å². The first-order valence-electron chi connectivity index (χ1n) is 11.5. The van der Waals surface area contributed by atoms with Gasteiger partial charge in [0.05, 0.1) is 40.5 Å². The Morgan fingerprint density at radius 3 is 1.91 bits per heavy atom. The fraction of sp³-hybridized carbons (Fsp3) is 0.538. The van der Waals surface area contributed by atoms with Crippen molar-refractivity contribution in [1.82, 2.24) is 10.2 Å². The van der Waals surface area contributed by atoms with Crippen molar-refractivity contribution in [3.05, 3.63) is 46.5 Å². The lowest BCUT2D eigenvalue weighted by Gasteiger charge is -2.45. The lowest BCUT2D eigenvalue weighted by Crippen LogP contribution is -2.46. The van der Waals surface area contributed by atoms with Gasteiger partial charge in [0.2, 0.25) is 0 Å². The first-order valence-corrected chi connectivity index (χ1v) is 11.5. The minimum atomic E-state index is 0.148. The number of nitrogens with zero attached hydrogens (tertiary/aromatic N) is 1. The van der Waals surface area contributed by atoms with Crippen LogP contribution in [0.4, 0.5) is 0 Å². The van der Waals surface area contributed by atoms with Crippen LogP contribution < -0.4 is 24.3 Å². The van der Waals surface area contributed by atoms with Gasteiger partial charge in [0.25, 0.3) is 0 Å². The maximum atomic E-state index is 5.69. The molecular weight excluding hydrogens is 404 g/mol. The molecule has 6 nitrogen and oxygen atoms in total. The molecule has 0 bridgehead atoms. The van der Waals surface area contributed by atoms with E-state index in [-0.39, 0.29) is 12.1 Å². The molecule has 174 valence electrons. The zero-order valence-electron chi connectivity index (χ0n) is 20.2. The van der Waals surface area contributed by atoms with Crippen LogP contribution in [0, 0.1) is 5.92 Å². The highest BCUT2D eigenvalue weighted by molar-refractivity contribution is 5.53. The maximum Gasteiger partial charge on any atom is 0.161 e. The van der Waals surface area contributed by atoms with Crippen LogP contribution in [0.3, 0.4) is 0 Å². The highest BCUT2D eigenvalue weighted by Crippen LogP contribution is 2.46. The minimum Gasteiger partial charge on any atom is -0.493 e. The van der Waals surface area contributed by atoms with E-state index < -0.39 is 0 Å². The predicted octanol–water partition coefficient (Wildman–Crippen LogP) is 4.16. The summed E-state index contributed by atoms with van der Waals surface area (Å²) in [7, 11) is 6.81. The van der Waals surface area contributed by atoms with Crippen LogP contribution in [0.15, 0.2) is 24.3 Å². The number of hydrogen-bond donors (Lipinski definition) is 1. The van der Waals surface area contributed by atoms with E-state index in [1.54, 1.807) is 28.4 Å². The Bertz CT molecular complexity index is 959. The lowest BCUT2D eigenvalue weighted by molar-refractivity contribution is 0.126. The van der Waals surface area contributed by atoms with Crippen molar-refractivity contribution < 1.29 is 18.9 Å². The van der Waals surface area contributed by atoms with E-state index in [0.29, 0.717) is 5.92 Å². The second-order valence-corrected chi connectivity index (χ2v) is 9.08. The molecule has 2 aromatic carbocycles. The van der Waals surface area contributed by atoms with Gasteiger partial charge in [0.1, 0.15) is 0 Å². The van der Waals surface area contributed by atoms with Crippen LogP contribution in [-0.2, 0) is 12.8 Å². The Morgan fingerprint density at radius 2 is 1.34 bits per heavy atom. The molecule has 0 fully saturated rings. The number of hydrogen-bond acceptors (Lipinski definition) is 6. The molecule has 1 N–H and O–H groups in total. The molecule has 0 aromatic heterocycles. The normalized spacial score (nSPS) is 20.5. The largest absolute Gasteiger partial charge is 0.493 e. The molecule has 6 heteroatoms. The van der Waals surface area contributed by atoms with Gasteiger partial charge in [-0.05, 0) is 71.8 Å². The van der Waals surface area contributed by atoms with Crippen molar-refractivity contribution in [3.63, 3.8) is 0 Å². The Labute approximate surface area is 191 Å². The molecule has 0 amide bonds. The Hall–Kier alpha value is -2.44. The summed E-state index contributed by atoms with van der Waals surface area (Å²) in [5, 5.41) is 3.83. The smallest absolute Gasteiger partial charge is 0.161 e. The molecule has 0 spiro atoms. The number of fused-ring (bicyclic) bond motifs is 2. The molecule has 2 atom stereocenters. The fourth-order valence-electron chi connectivity index (χ4n) is 5.29. The van der Waals surface area contributed by atoms with Gasteiger partial charge in [0.15, 0.2) is 23.0 Å². The van der Waals surface area contributed by atoms with Crippen LogP contribution in [0.1, 0.15) is 48.2 Å². The number of methoxy groups -OCH3 is 4. The van der Waals surface area contributed by atoms with Crippen molar-refractivity contribution >= 4 is 0 Å². The van der Waals surface area contributed by atoms with Gasteiger partial charge in [-0.15, -0.1) is 0 Å². The van der Waals surface area contributed by atoms with Gasteiger partial charge >= 0.3 is 0 Å². The summed E-state index contributed by atoms with van der Waals surface area (Å²) in [4.78, 5) is 2.63. The van der Waals surface area contributed by atoms with Crippen molar-refractivity contribution in [3.8, 4) is 23.0 Å². The molecule has 0 aliphatic carbocycles. The van der Waals surface area contributed by atoms with Crippen molar-refractivity contribution in [2.75, 3.05) is 48.1 Å². The molecule has 2 aromatic rings. The summed E-state index contributed by atoms with van der Waals surface area (Å²) < 4.78 is 22.5. The summed E-state index contributed by atoms with van der Waals surface area (Å²) in [5.74, 6) is 3.73. The minimum absolute atomic E-state index is 0.148. The standard InChI is InChI=1S/C26H36N2O4/c1-16(2)15-28-10-8-18-12-22(30-4)24(32-6)14-20(18)26(28)25-19-13-23(31-5)21(29-3)11-17(19)7-9-27-25/h11-14,16,25-27H,7-10,15H2,1-6H3/t25-,26-/m0/s1. The third kappa shape index (κ3) is 4.14. The molecule has 0 radical (unpaired) electrons. The number of benzene rings is 2. The zero-order chi connectivity index (χ0) is 22.8. The van der Waals surface area contributed by atoms with Gasteiger partial charge in [0, 0.05) is 13.1 Å². The second kappa shape index (κ2) is 9.59. The number of nitrogens with one attached hydrogen (secondary N) is 1. The first-order chi connectivity index (χ1) is 15.5. The van der Waals surface area contributed by atoms with E-state index in [1.807, 2.05) is 0 Å². The Morgan fingerprint density at radius 1 is 0.812 bits per heavy atom. The van der Waals surface area contributed by atoms with Crippen molar-refractivity contribution in [1.29, 1.82) is 0 Å². The van der Waals surface area contributed by atoms with Crippen molar-refractivity contribution in [2.24, 2.45) is 5.92 Å². The van der Waals surface area contributed by atoms with Gasteiger partial charge < -0.3 is 24.3 Å². The highest BCUT2D eigenvalue weighted by Gasteiger charge is 2.38. The molecular formula is C26H36N2O4. The molecule has 4 rings (SSSR count). The second-order valence-electron chi connectivity index (χ2n) is 9.08. The Kier molecular flexibility index (Phi) is 6.82. The number of rotatable bonds is 7. The van der Waals surface area contributed by atoms with Gasteiger partial charge in [-0.2, -0.15) is 0 Å². The third-order valence-electron chi connectivity index (χ3n) is 6.68. The predicted molar refractivity (Wildman–Crippen MR) is 126 cm³/mol. The quantitative estimate of drug-likeness (QED) is 0.698. The molecule has 0 saturated carbocycles. The SMILES string of the molecule is COc1cc2c(cc1OC)[C@@H]([C@@H]1c3cc(OC)c(OC)cc3CCN1CC(C)C)NCC2. The fourth-order valence-corrected chi connectivity index (χ4v) is 5.29. The topological polar surface area (TPSA) is 52.2 Å². The van der Waals surface area contributed by atoms with E-state index in [0.717, 1.165) is 55.5 Å². The monoisotopic (exact) mass is 440 g/mol. The summed E-state index contributed by atoms with van der Waals surface area (Å²) in [5.41, 5.74) is 5.26.